The summed E-state index contributed by atoms with van der Waals surface area (Å²) in [5, 5.41) is 12.1. The fourth-order valence-electron chi connectivity index (χ4n) is 6.46. The lowest BCUT2D eigenvalue weighted by Crippen LogP contribution is -2.53. The normalized spacial score (nSPS) is 18.6. The van der Waals surface area contributed by atoms with E-state index in [0.29, 0.717) is 51.1 Å². The third-order valence-corrected chi connectivity index (χ3v) is 9.85. The van der Waals surface area contributed by atoms with Gasteiger partial charge < -0.3 is 24.2 Å². The van der Waals surface area contributed by atoms with Crippen LogP contribution in [-0.2, 0) is 22.4 Å². The number of methoxy groups -OCH3 is 2. The van der Waals surface area contributed by atoms with Crippen LogP contribution in [0.1, 0.15) is 46.0 Å². The molecule has 10 nitrogen and oxygen atoms in total. The van der Waals surface area contributed by atoms with Crippen molar-refractivity contribution in [3.05, 3.63) is 122 Å². The number of piperidine rings is 3. The van der Waals surface area contributed by atoms with E-state index in [1.54, 1.807) is 54.6 Å². The van der Waals surface area contributed by atoms with Crippen molar-refractivity contribution in [2.45, 2.75) is 38.0 Å². The summed E-state index contributed by atoms with van der Waals surface area (Å²) in [6, 6.07) is 17.5. The number of carbonyl (C=O) groups excluding carboxylic acids is 2. The first-order valence-corrected chi connectivity index (χ1v) is 16.9. The van der Waals surface area contributed by atoms with Crippen molar-refractivity contribution < 1.29 is 37.7 Å². The summed E-state index contributed by atoms with van der Waals surface area (Å²) in [5.41, 5.74) is 2.28. The van der Waals surface area contributed by atoms with Gasteiger partial charge in [0.05, 0.1) is 32.0 Å². The van der Waals surface area contributed by atoms with E-state index in [-0.39, 0.29) is 34.7 Å². The molecular formula is C37H36Cl2FN3O7. The quantitative estimate of drug-likeness (QED) is 0.0913. The zero-order chi connectivity index (χ0) is 35.4. The van der Waals surface area contributed by atoms with Crippen molar-refractivity contribution in [3.63, 3.8) is 0 Å². The lowest BCUT2D eigenvalue weighted by atomic mass is 9.86. The molecule has 13 heteroatoms. The number of carbonyl (C=O) groups is 2. The van der Waals surface area contributed by atoms with Crippen LogP contribution in [0.3, 0.4) is 0 Å². The molecule has 2 atom stereocenters. The summed E-state index contributed by atoms with van der Waals surface area (Å²) in [6.07, 6.45) is 2.70. The van der Waals surface area contributed by atoms with Crippen LogP contribution in [0.2, 0.25) is 10.0 Å². The molecule has 262 valence electrons. The van der Waals surface area contributed by atoms with E-state index in [9.17, 15) is 19.2 Å². The Hall–Kier alpha value is -4.58. The Labute approximate surface area is 299 Å². The maximum absolute atomic E-state index is 14.3. The number of amides is 1. The van der Waals surface area contributed by atoms with E-state index in [1.807, 2.05) is 0 Å². The molecule has 0 radical (unpaired) electrons. The maximum atomic E-state index is 14.3. The second-order valence-corrected chi connectivity index (χ2v) is 13.1. The summed E-state index contributed by atoms with van der Waals surface area (Å²) >= 11 is 12.8. The number of anilines is 1. The van der Waals surface area contributed by atoms with Crippen molar-refractivity contribution in [1.82, 2.24) is 4.90 Å². The molecule has 0 saturated carbocycles. The topological polar surface area (TPSA) is 104 Å². The average molecular weight is 725 g/mol. The fraction of sp³-hybridized carbons (Fsp3) is 0.324. The molecule has 3 saturated heterocycles. The lowest BCUT2D eigenvalue weighted by molar-refractivity contribution is -0.605. The van der Waals surface area contributed by atoms with Gasteiger partial charge in [-0.25, -0.2) is 14.0 Å². The molecule has 4 aromatic rings. The van der Waals surface area contributed by atoms with Gasteiger partial charge in [-0.1, -0.05) is 47.5 Å². The molecule has 50 heavy (non-hydrogen) atoms. The number of rotatable bonds is 11. The Balaban J connectivity index is 1.22. The first-order chi connectivity index (χ1) is 24.1. The number of ether oxygens (including phenoxy) is 4. The molecule has 0 aliphatic carbocycles. The van der Waals surface area contributed by atoms with Gasteiger partial charge in [0.2, 0.25) is 0 Å². The van der Waals surface area contributed by atoms with Crippen LogP contribution in [0.15, 0.2) is 79.1 Å². The van der Waals surface area contributed by atoms with Crippen LogP contribution in [-0.4, -0.2) is 56.9 Å². The number of benzene rings is 3. The Morgan fingerprint density at radius 3 is 2.30 bits per heavy atom. The Morgan fingerprint density at radius 2 is 1.68 bits per heavy atom. The SMILES string of the molecule is COc1ccc([C@@H](Cc2c(Cl)c[n+]([O-])cc2Cl)OC(=O)c2ccc(CN(C(=O)O[C@H]3CN4CCC3CC4)c3cccc(F)c3)cc2)cc1OC. The number of hydrogen-bond donors (Lipinski definition) is 0. The Morgan fingerprint density at radius 1 is 0.980 bits per heavy atom. The minimum Gasteiger partial charge on any atom is -0.619 e. The van der Waals surface area contributed by atoms with Crippen LogP contribution < -0.4 is 19.1 Å². The lowest BCUT2D eigenvalue weighted by Gasteiger charge is -2.44. The third kappa shape index (κ3) is 8.07. The van der Waals surface area contributed by atoms with E-state index in [2.05, 4.69) is 4.90 Å². The highest BCUT2D eigenvalue weighted by Gasteiger charge is 2.37. The van der Waals surface area contributed by atoms with Crippen LogP contribution in [0.4, 0.5) is 14.9 Å². The van der Waals surface area contributed by atoms with Crippen molar-refractivity contribution in [1.29, 1.82) is 0 Å². The zero-order valence-corrected chi connectivity index (χ0v) is 29.0. The van der Waals surface area contributed by atoms with Crippen molar-refractivity contribution in [2.75, 3.05) is 38.8 Å². The van der Waals surface area contributed by atoms with Crippen molar-refractivity contribution in [2.24, 2.45) is 5.92 Å². The minimum atomic E-state index is -0.885. The van der Waals surface area contributed by atoms with Gasteiger partial charge in [-0.2, -0.15) is 4.73 Å². The Bertz CT molecular complexity index is 1830. The third-order valence-electron chi connectivity index (χ3n) is 9.19. The van der Waals surface area contributed by atoms with Gasteiger partial charge in [0.1, 0.15) is 28.1 Å². The smallest absolute Gasteiger partial charge is 0.414 e. The van der Waals surface area contributed by atoms with E-state index in [4.69, 9.17) is 42.1 Å². The van der Waals surface area contributed by atoms with E-state index < -0.39 is 24.0 Å². The number of halogens is 3. The molecule has 3 aliphatic rings. The van der Waals surface area contributed by atoms with Crippen LogP contribution in [0, 0.1) is 16.9 Å². The van der Waals surface area contributed by atoms with Crippen LogP contribution in [0.5, 0.6) is 11.5 Å². The molecule has 3 aliphatic heterocycles. The summed E-state index contributed by atoms with van der Waals surface area (Å²) in [5.74, 6) is 0.106. The van der Waals surface area contributed by atoms with Crippen LogP contribution >= 0.6 is 23.2 Å². The Kier molecular flexibility index (Phi) is 11.0. The van der Waals surface area contributed by atoms with Gasteiger partial charge in [-0.15, -0.1) is 0 Å². The number of pyridine rings is 1. The summed E-state index contributed by atoms with van der Waals surface area (Å²) in [7, 11) is 3.01. The second-order valence-electron chi connectivity index (χ2n) is 12.3. The van der Waals surface area contributed by atoms with Gasteiger partial charge in [0.25, 0.3) is 0 Å². The van der Waals surface area contributed by atoms with Crippen LogP contribution in [0.25, 0.3) is 0 Å². The van der Waals surface area contributed by atoms with E-state index >= 15 is 0 Å². The second kappa shape index (κ2) is 15.5. The number of fused-ring (bicyclic) bond motifs is 3. The molecule has 0 N–H and O–H groups in total. The van der Waals surface area contributed by atoms with E-state index in [0.717, 1.165) is 25.9 Å². The number of nitrogens with zero attached hydrogens (tertiary/aromatic N) is 3. The average Bonchev–Trinajstić information content (AvgIpc) is 3.11. The predicted octanol–water partition coefficient (Wildman–Crippen LogP) is 7.16. The highest BCUT2D eigenvalue weighted by atomic mass is 35.5. The zero-order valence-electron chi connectivity index (χ0n) is 27.5. The number of hydrogen-bond acceptors (Lipinski definition) is 8. The molecule has 4 heterocycles. The first-order valence-electron chi connectivity index (χ1n) is 16.2. The summed E-state index contributed by atoms with van der Waals surface area (Å²) < 4.78 is 37.6. The number of aromatic nitrogens is 1. The van der Waals surface area contributed by atoms with Crippen molar-refractivity contribution in [3.8, 4) is 11.5 Å². The summed E-state index contributed by atoms with van der Waals surface area (Å²) in [6.45, 7) is 2.78. The summed E-state index contributed by atoms with van der Waals surface area (Å²) in [4.78, 5) is 30.8. The molecular weight excluding hydrogens is 688 g/mol. The van der Waals surface area contributed by atoms with Gasteiger partial charge in [-0.3, -0.25) is 9.80 Å². The molecule has 0 unspecified atom stereocenters. The van der Waals surface area contributed by atoms with Gasteiger partial charge in [0.15, 0.2) is 23.9 Å². The first kappa shape index (κ1) is 35.3. The fourth-order valence-corrected chi connectivity index (χ4v) is 7.06. The maximum Gasteiger partial charge on any atom is 0.414 e. The standard InChI is InChI=1S/C37H36Cl2FN3O7/c1-47-32-11-10-26(16-34(32)48-2)33(18-29-30(38)20-42(46)21-31(29)39)49-36(44)25-8-6-23(7-9-25)19-43(28-5-3-4-27(40)17-28)37(45)50-35-22-41-14-12-24(35)13-15-41/h3-11,16-17,20-21,24,33,35H,12-15,18-19,22H2,1-2H3/t33-,35+/m1/s1. The minimum absolute atomic E-state index is 0.0577. The molecule has 3 aromatic carbocycles. The highest BCUT2D eigenvalue weighted by molar-refractivity contribution is 6.35. The predicted molar refractivity (Wildman–Crippen MR) is 185 cm³/mol. The number of esters is 1. The molecule has 1 aromatic heterocycles. The largest absolute Gasteiger partial charge is 0.619 e. The van der Waals surface area contributed by atoms with Gasteiger partial charge in [0, 0.05) is 18.5 Å². The molecule has 2 bridgehead atoms. The molecule has 7 rings (SSSR count). The van der Waals surface area contributed by atoms with Gasteiger partial charge in [-0.05, 0) is 85.4 Å². The van der Waals surface area contributed by atoms with Gasteiger partial charge >= 0.3 is 12.1 Å². The molecule has 3 fully saturated rings. The van der Waals surface area contributed by atoms with E-state index in [1.165, 1.54) is 43.6 Å². The van der Waals surface area contributed by atoms with Crippen molar-refractivity contribution >= 4 is 41.0 Å². The monoisotopic (exact) mass is 723 g/mol. The molecule has 1 amide bonds. The molecule has 0 spiro atoms. The highest BCUT2D eigenvalue weighted by Crippen LogP contribution is 2.36.